The highest BCUT2D eigenvalue weighted by Crippen LogP contribution is 2.25. The Morgan fingerprint density at radius 2 is 1.88 bits per heavy atom. The standard InChI is InChI=1S/C25H22N4O3/c1-2-6-23(31-20-12-9-17(16-26)10-13-20)24(30)27-19-11-14-22-21(15-19)29-25(32-22)28-18-7-4-3-5-8-18/h3-5,7-15,23H,2,6H2,1H3,(H,27,30)(H,28,29). The maximum absolute atomic E-state index is 12.9. The van der Waals surface area contributed by atoms with Crippen molar-refractivity contribution in [2.75, 3.05) is 10.6 Å². The lowest BCUT2D eigenvalue weighted by molar-refractivity contribution is -0.123. The monoisotopic (exact) mass is 426 g/mol. The first-order valence-electron chi connectivity index (χ1n) is 10.3. The minimum atomic E-state index is -0.656. The Bertz CT molecular complexity index is 1240. The number of nitriles is 1. The van der Waals surface area contributed by atoms with Gasteiger partial charge in [0.15, 0.2) is 11.7 Å². The number of rotatable bonds is 8. The second kappa shape index (κ2) is 9.67. The summed E-state index contributed by atoms with van der Waals surface area (Å²) in [6, 6.07) is 24.1. The summed E-state index contributed by atoms with van der Waals surface area (Å²) >= 11 is 0. The second-order valence-electron chi connectivity index (χ2n) is 7.21. The van der Waals surface area contributed by atoms with Gasteiger partial charge in [0.1, 0.15) is 11.3 Å². The average molecular weight is 426 g/mol. The Morgan fingerprint density at radius 1 is 1.09 bits per heavy atom. The third-order valence-electron chi connectivity index (χ3n) is 4.79. The highest BCUT2D eigenvalue weighted by molar-refractivity contribution is 5.96. The zero-order valence-electron chi connectivity index (χ0n) is 17.5. The summed E-state index contributed by atoms with van der Waals surface area (Å²) in [7, 11) is 0. The van der Waals surface area contributed by atoms with Crippen molar-refractivity contribution in [2.45, 2.75) is 25.9 Å². The quantitative estimate of drug-likeness (QED) is 0.379. The Morgan fingerprint density at radius 3 is 2.59 bits per heavy atom. The lowest BCUT2D eigenvalue weighted by Gasteiger charge is -2.18. The normalized spacial score (nSPS) is 11.5. The van der Waals surface area contributed by atoms with Crippen molar-refractivity contribution < 1.29 is 13.9 Å². The van der Waals surface area contributed by atoms with Crippen molar-refractivity contribution in [1.29, 1.82) is 5.26 Å². The number of benzene rings is 3. The Kier molecular flexibility index (Phi) is 6.33. The molecule has 1 heterocycles. The Balaban J connectivity index is 1.46. The molecule has 0 saturated carbocycles. The Labute approximate surface area is 185 Å². The van der Waals surface area contributed by atoms with Crippen molar-refractivity contribution >= 4 is 34.4 Å². The van der Waals surface area contributed by atoms with Crippen molar-refractivity contribution in [3.8, 4) is 11.8 Å². The SMILES string of the molecule is CCCC(Oc1ccc(C#N)cc1)C(=O)Nc1ccc2oc(Nc3ccccc3)nc2c1. The van der Waals surface area contributed by atoms with Gasteiger partial charge >= 0.3 is 0 Å². The molecule has 7 nitrogen and oxygen atoms in total. The van der Waals surface area contributed by atoms with Crippen LogP contribution in [0, 0.1) is 11.3 Å². The highest BCUT2D eigenvalue weighted by atomic mass is 16.5. The molecule has 4 rings (SSSR count). The first-order chi connectivity index (χ1) is 15.6. The van der Waals surface area contributed by atoms with Crippen molar-refractivity contribution in [3.05, 3.63) is 78.4 Å². The van der Waals surface area contributed by atoms with E-state index in [-0.39, 0.29) is 5.91 Å². The smallest absolute Gasteiger partial charge is 0.300 e. The van der Waals surface area contributed by atoms with Crippen LogP contribution in [-0.4, -0.2) is 17.0 Å². The van der Waals surface area contributed by atoms with E-state index in [2.05, 4.69) is 21.7 Å². The number of anilines is 3. The van der Waals surface area contributed by atoms with Gasteiger partial charge in [-0.2, -0.15) is 10.2 Å². The molecule has 0 fully saturated rings. The molecular weight excluding hydrogens is 404 g/mol. The van der Waals surface area contributed by atoms with Gasteiger partial charge < -0.3 is 19.8 Å². The molecule has 0 spiro atoms. The van der Waals surface area contributed by atoms with E-state index in [1.54, 1.807) is 42.5 Å². The molecule has 1 amide bonds. The second-order valence-corrected chi connectivity index (χ2v) is 7.21. The van der Waals surface area contributed by atoms with Crippen LogP contribution in [0.25, 0.3) is 11.1 Å². The zero-order valence-corrected chi connectivity index (χ0v) is 17.5. The van der Waals surface area contributed by atoms with Gasteiger partial charge in [0, 0.05) is 11.4 Å². The van der Waals surface area contributed by atoms with Crippen LogP contribution >= 0.6 is 0 Å². The third-order valence-corrected chi connectivity index (χ3v) is 4.79. The van der Waals surface area contributed by atoms with Crippen LogP contribution in [0.2, 0.25) is 0 Å². The van der Waals surface area contributed by atoms with E-state index in [0.29, 0.717) is 40.5 Å². The molecule has 1 aromatic heterocycles. The van der Waals surface area contributed by atoms with Gasteiger partial charge in [-0.3, -0.25) is 4.79 Å². The van der Waals surface area contributed by atoms with Crippen molar-refractivity contribution in [3.63, 3.8) is 0 Å². The van der Waals surface area contributed by atoms with Gasteiger partial charge in [0.25, 0.3) is 11.9 Å². The summed E-state index contributed by atoms with van der Waals surface area (Å²) in [4.78, 5) is 17.3. The number of para-hydroxylation sites is 1. The molecule has 0 bridgehead atoms. The summed E-state index contributed by atoms with van der Waals surface area (Å²) in [5.41, 5.74) is 3.25. The summed E-state index contributed by atoms with van der Waals surface area (Å²) < 4.78 is 11.6. The summed E-state index contributed by atoms with van der Waals surface area (Å²) in [5.74, 6) is 0.294. The molecule has 1 unspecified atom stereocenters. The molecular formula is C25H22N4O3. The average Bonchev–Trinajstić information content (AvgIpc) is 3.21. The molecule has 0 aliphatic carbocycles. The number of aromatic nitrogens is 1. The fraction of sp³-hybridized carbons (Fsp3) is 0.160. The maximum Gasteiger partial charge on any atom is 0.300 e. The molecule has 2 N–H and O–H groups in total. The number of carbonyl (C=O) groups excluding carboxylic acids is 1. The van der Waals surface area contributed by atoms with Gasteiger partial charge in [-0.05, 0) is 61.0 Å². The van der Waals surface area contributed by atoms with E-state index >= 15 is 0 Å². The first-order valence-corrected chi connectivity index (χ1v) is 10.3. The summed E-state index contributed by atoms with van der Waals surface area (Å²) in [6.45, 7) is 1.99. The topological polar surface area (TPSA) is 100 Å². The predicted molar refractivity (Wildman–Crippen MR) is 123 cm³/mol. The molecule has 32 heavy (non-hydrogen) atoms. The first kappa shape index (κ1) is 20.9. The minimum Gasteiger partial charge on any atom is -0.481 e. The third kappa shape index (κ3) is 5.05. The van der Waals surface area contributed by atoms with Crippen LogP contribution in [0.1, 0.15) is 25.3 Å². The molecule has 0 aliphatic rings. The van der Waals surface area contributed by atoms with Crippen molar-refractivity contribution in [1.82, 2.24) is 4.98 Å². The fourth-order valence-electron chi connectivity index (χ4n) is 3.20. The largest absolute Gasteiger partial charge is 0.481 e. The van der Waals surface area contributed by atoms with E-state index in [4.69, 9.17) is 14.4 Å². The number of nitrogens with zero attached hydrogens (tertiary/aromatic N) is 2. The van der Waals surface area contributed by atoms with Crippen LogP contribution in [-0.2, 0) is 4.79 Å². The number of carbonyl (C=O) groups is 1. The molecule has 0 aliphatic heterocycles. The molecule has 7 heteroatoms. The zero-order chi connectivity index (χ0) is 22.3. The number of ether oxygens (including phenoxy) is 1. The number of hydrogen-bond donors (Lipinski definition) is 2. The molecule has 4 aromatic rings. The lowest BCUT2D eigenvalue weighted by Crippen LogP contribution is -2.32. The summed E-state index contributed by atoms with van der Waals surface area (Å²) in [6.07, 6.45) is 0.685. The van der Waals surface area contributed by atoms with Crippen LogP contribution in [0.4, 0.5) is 17.4 Å². The molecule has 0 radical (unpaired) electrons. The highest BCUT2D eigenvalue weighted by Gasteiger charge is 2.20. The van der Waals surface area contributed by atoms with E-state index < -0.39 is 6.10 Å². The van der Waals surface area contributed by atoms with E-state index in [0.717, 1.165) is 12.1 Å². The summed E-state index contributed by atoms with van der Waals surface area (Å²) in [5, 5.41) is 14.9. The van der Waals surface area contributed by atoms with Crippen LogP contribution in [0.3, 0.4) is 0 Å². The molecule has 0 saturated heterocycles. The van der Waals surface area contributed by atoms with Gasteiger partial charge in [-0.15, -0.1) is 0 Å². The minimum absolute atomic E-state index is 0.248. The van der Waals surface area contributed by atoms with Crippen LogP contribution < -0.4 is 15.4 Å². The maximum atomic E-state index is 12.9. The van der Waals surface area contributed by atoms with Gasteiger partial charge in [0.2, 0.25) is 0 Å². The number of hydrogen-bond acceptors (Lipinski definition) is 6. The van der Waals surface area contributed by atoms with E-state index in [9.17, 15) is 4.79 Å². The van der Waals surface area contributed by atoms with Gasteiger partial charge in [0.05, 0.1) is 11.6 Å². The number of fused-ring (bicyclic) bond motifs is 1. The van der Waals surface area contributed by atoms with Gasteiger partial charge in [-0.1, -0.05) is 31.5 Å². The molecule has 3 aromatic carbocycles. The molecule has 160 valence electrons. The van der Waals surface area contributed by atoms with Gasteiger partial charge in [-0.25, -0.2) is 0 Å². The van der Waals surface area contributed by atoms with Crippen LogP contribution in [0.15, 0.2) is 77.2 Å². The van der Waals surface area contributed by atoms with E-state index in [1.165, 1.54) is 0 Å². The number of nitrogens with one attached hydrogen (secondary N) is 2. The lowest BCUT2D eigenvalue weighted by atomic mass is 10.1. The van der Waals surface area contributed by atoms with E-state index in [1.807, 2.05) is 37.3 Å². The van der Waals surface area contributed by atoms with Crippen LogP contribution in [0.5, 0.6) is 5.75 Å². The van der Waals surface area contributed by atoms with Crippen molar-refractivity contribution in [2.24, 2.45) is 0 Å². The molecule has 1 atom stereocenters. The number of amides is 1. The number of oxazole rings is 1. The fourth-order valence-corrected chi connectivity index (χ4v) is 3.20. The predicted octanol–water partition coefficient (Wildman–Crippen LogP) is 5.63. The Hall–Kier alpha value is -4.31.